The Morgan fingerprint density at radius 3 is 2.59 bits per heavy atom. The number of anilines is 1. The highest BCUT2D eigenvalue weighted by Crippen LogP contribution is 2.34. The van der Waals surface area contributed by atoms with Crippen LogP contribution in [0.3, 0.4) is 0 Å². The van der Waals surface area contributed by atoms with E-state index in [4.69, 9.17) is 4.74 Å². The number of hydrazone groups is 1. The van der Waals surface area contributed by atoms with Crippen LogP contribution in [0.2, 0.25) is 0 Å². The molecule has 0 atom stereocenters. The monoisotopic (exact) mass is 365 g/mol. The molecule has 0 saturated heterocycles. The zero-order chi connectivity index (χ0) is 16.1. The normalized spacial score (nSPS) is 10.6. The third kappa shape index (κ3) is 3.73. The number of phenols is 1. The van der Waals surface area contributed by atoms with Crippen LogP contribution >= 0.6 is 15.9 Å². The molecule has 7 nitrogen and oxygen atoms in total. The van der Waals surface area contributed by atoms with Crippen LogP contribution in [0.5, 0.6) is 11.5 Å². The molecule has 0 unspecified atom stereocenters. The van der Waals surface area contributed by atoms with E-state index in [1.54, 1.807) is 18.2 Å². The largest absolute Gasteiger partial charge is 0.504 e. The molecule has 0 aliphatic carbocycles. The average molecular weight is 366 g/mol. The van der Waals surface area contributed by atoms with Crippen molar-refractivity contribution in [3.63, 3.8) is 0 Å². The second-order valence-corrected chi connectivity index (χ2v) is 5.08. The molecule has 0 fully saturated rings. The van der Waals surface area contributed by atoms with Crippen LogP contribution in [0.15, 0.2) is 46.0 Å². The quantitative estimate of drug-likeness (QED) is 0.480. The Kier molecular flexibility index (Phi) is 4.95. The molecule has 0 aliphatic heterocycles. The van der Waals surface area contributed by atoms with Gasteiger partial charge in [-0.15, -0.1) is 0 Å². The smallest absolute Gasteiger partial charge is 0.269 e. The second kappa shape index (κ2) is 6.90. The van der Waals surface area contributed by atoms with Crippen LogP contribution in [0.1, 0.15) is 5.56 Å². The highest BCUT2D eigenvalue weighted by atomic mass is 79.9. The fourth-order valence-corrected chi connectivity index (χ4v) is 2.34. The van der Waals surface area contributed by atoms with Crippen molar-refractivity contribution < 1.29 is 14.8 Å². The number of hydrogen-bond donors (Lipinski definition) is 2. The molecule has 0 bridgehead atoms. The van der Waals surface area contributed by atoms with Gasteiger partial charge in [0.1, 0.15) is 0 Å². The van der Waals surface area contributed by atoms with E-state index in [1.165, 1.54) is 31.5 Å². The molecule has 0 radical (unpaired) electrons. The minimum atomic E-state index is -0.468. The van der Waals surface area contributed by atoms with Gasteiger partial charge in [0.25, 0.3) is 5.69 Å². The van der Waals surface area contributed by atoms with E-state index >= 15 is 0 Å². The maximum absolute atomic E-state index is 10.5. The van der Waals surface area contributed by atoms with Gasteiger partial charge >= 0.3 is 0 Å². The van der Waals surface area contributed by atoms with Crippen molar-refractivity contribution in [1.29, 1.82) is 0 Å². The van der Waals surface area contributed by atoms with Gasteiger partial charge in [0.2, 0.25) is 0 Å². The first-order chi connectivity index (χ1) is 10.5. The van der Waals surface area contributed by atoms with Gasteiger partial charge in [-0.25, -0.2) is 0 Å². The first-order valence-electron chi connectivity index (χ1n) is 6.11. The van der Waals surface area contributed by atoms with Crippen LogP contribution in [0.25, 0.3) is 0 Å². The highest BCUT2D eigenvalue weighted by Gasteiger charge is 2.07. The zero-order valence-electron chi connectivity index (χ0n) is 11.5. The van der Waals surface area contributed by atoms with Gasteiger partial charge in [-0.2, -0.15) is 5.10 Å². The number of ether oxygens (including phenoxy) is 1. The molecule has 0 aromatic heterocycles. The Bertz CT molecular complexity index is 694. The first-order valence-corrected chi connectivity index (χ1v) is 6.90. The summed E-state index contributed by atoms with van der Waals surface area (Å²) in [5.41, 5.74) is 4.02. The summed E-state index contributed by atoms with van der Waals surface area (Å²) in [5, 5.41) is 24.3. The van der Waals surface area contributed by atoms with E-state index < -0.39 is 4.92 Å². The molecule has 2 aromatic rings. The number of halogens is 1. The van der Waals surface area contributed by atoms with Crippen molar-refractivity contribution in [3.05, 3.63) is 56.5 Å². The van der Waals surface area contributed by atoms with Gasteiger partial charge < -0.3 is 9.84 Å². The lowest BCUT2D eigenvalue weighted by atomic mass is 10.2. The average Bonchev–Trinajstić information content (AvgIpc) is 2.47. The molecule has 0 aliphatic rings. The van der Waals surface area contributed by atoms with Crippen molar-refractivity contribution >= 4 is 33.5 Å². The molecule has 22 heavy (non-hydrogen) atoms. The van der Waals surface area contributed by atoms with Crippen LogP contribution < -0.4 is 10.2 Å². The van der Waals surface area contributed by atoms with E-state index in [-0.39, 0.29) is 11.4 Å². The van der Waals surface area contributed by atoms with Crippen molar-refractivity contribution in [3.8, 4) is 11.5 Å². The predicted octanol–water partition coefficient (Wildman–Crippen LogP) is 3.52. The maximum Gasteiger partial charge on any atom is 0.269 e. The van der Waals surface area contributed by atoms with Gasteiger partial charge in [-0.05, 0) is 45.8 Å². The zero-order valence-corrected chi connectivity index (χ0v) is 13.1. The van der Waals surface area contributed by atoms with E-state index in [0.29, 0.717) is 21.5 Å². The molecule has 0 saturated carbocycles. The van der Waals surface area contributed by atoms with Crippen molar-refractivity contribution in [1.82, 2.24) is 0 Å². The molecule has 0 spiro atoms. The molecule has 8 heteroatoms. The Balaban J connectivity index is 2.08. The summed E-state index contributed by atoms with van der Waals surface area (Å²) in [6, 6.07) is 9.11. The maximum atomic E-state index is 10.5. The van der Waals surface area contributed by atoms with Gasteiger partial charge in [0.15, 0.2) is 11.5 Å². The number of phenolic OH excluding ortho intramolecular Hbond substituents is 1. The van der Waals surface area contributed by atoms with Crippen LogP contribution in [-0.2, 0) is 0 Å². The van der Waals surface area contributed by atoms with Crippen molar-refractivity contribution in [2.45, 2.75) is 0 Å². The Hall–Kier alpha value is -2.61. The number of methoxy groups -OCH3 is 1. The fourth-order valence-electron chi connectivity index (χ4n) is 1.71. The van der Waals surface area contributed by atoms with Crippen molar-refractivity contribution in [2.75, 3.05) is 12.5 Å². The molecule has 0 heterocycles. The van der Waals surface area contributed by atoms with E-state index in [2.05, 4.69) is 26.5 Å². The summed E-state index contributed by atoms with van der Waals surface area (Å²) in [6.45, 7) is 0. The Morgan fingerprint density at radius 1 is 1.36 bits per heavy atom. The van der Waals surface area contributed by atoms with Crippen LogP contribution in [0.4, 0.5) is 11.4 Å². The highest BCUT2D eigenvalue weighted by molar-refractivity contribution is 9.10. The number of benzene rings is 2. The second-order valence-electron chi connectivity index (χ2n) is 4.23. The Morgan fingerprint density at radius 2 is 2.05 bits per heavy atom. The number of nitrogens with one attached hydrogen (secondary N) is 1. The molecular weight excluding hydrogens is 354 g/mol. The SMILES string of the molecule is COc1c(O)cc(/C=N/Nc2ccc([N+](=O)[O-])cc2)cc1Br. The number of nitrogens with zero attached hydrogens (tertiary/aromatic N) is 2. The molecule has 2 N–H and O–H groups in total. The van der Waals surface area contributed by atoms with Crippen molar-refractivity contribution in [2.24, 2.45) is 5.10 Å². The number of nitro groups is 1. The molecular formula is C14H12BrN3O4. The topological polar surface area (TPSA) is 97.0 Å². The summed E-state index contributed by atoms with van der Waals surface area (Å²) >= 11 is 3.29. The van der Waals surface area contributed by atoms with E-state index in [1.807, 2.05) is 0 Å². The lowest BCUT2D eigenvalue weighted by Gasteiger charge is -2.06. The lowest BCUT2D eigenvalue weighted by Crippen LogP contribution is -1.93. The summed E-state index contributed by atoms with van der Waals surface area (Å²) in [6.07, 6.45) is 1.51. The summed E-state index contributed by atoms with van der Waals surface area (Å²) in [5.74, 6) is 0.342. The molecule has 0 amide bonds. The molecule has 2 aromatic carbocycles. The van der Waals surface area contributed by atoms with Gasteiger partial charge in [0, 0.05) is 12.1 Å². The third-order valence-corrected chi connectivity index (χ3v) is 3.32. The minimum Gasteiger partial charge on any atom is -0.504 e. The molecule has 114 valence electrons. The number of non-ortho nitro benzene ring substituents is 1. The summed E-state index contributed by atoms with van der Waals surface area (Å²) in [7, 11) is 1.46. The van der Waals surface area contributed by atoms with E-state index in [9.17, 15) is 15.2 Å². The van der Waals surface area contributed by atoms with Gasteiger partial charge in [0.05, 0.1) is 28.4 Å². The number of hydrogen-bond acceptors (Lipinski definition) is 6. The lowest BCUT2D eigenvalue weighted by molar-refractivity contribution is -0.384. The first kappa shape index (κ1) is 15.8. The third-order valence-electron chi connectivity index (χ3n) is 2.74. The summed E-state index contributed by atoms with van der Waals surface area (Å²) in [4.78, 5) is 10.1. The number of aromatic hydroxyl groups is 1. The number of rotatable bonds is 5. The fraction of sp³-hybridized carbons (Fsp3) is 0.0714. The van der Waals surface area contributed by atoms with Gasteiger partial charge in [-0.1, -0.05) is 0 Å². The predicted molar refractivity (Wildman–Crippen MR) is 86.7 cm³/mol. The van der Waals surface area contributed by atoms with Crippen LogP contribution in [-0.4, -0.2) is 23.4 Å². The van der Waals surface area contributed by atoms with Gasteiger partial charge in [-0.3, -0.25) is 15.5 Å². The summed E-state index contributed by atoms with van der Waals surface area (Å²) < 4.78 is 5.63. The molecule has 2 rings (SSSR count). The van der Waals surface area contributed by atoms with Crippen LogP contribution in [0, 0.1) is 10.1 Å². The minimum absolute atomic E-state index is 0.00587. The standard InChI is InChI=1S/C14H12BrN3O4/c1-22-14-12(15)6-9(7-13(14)19)8-16-17-10-2-4-11(5-3-10)18(20)21/h2-8,17,19H,1H3/b16-8+. The van der Waals surface area contributed by atoms with E-state index in [0.717, 1.165) is 0 Å². The number of nitro benzene ring substituents is 1. The Labute approximate surface area is 134 Å².